The average molecular weight is 731 g/mol. The first kappa shape index (κ1) is 49.2. The summed E-state index contributed by atoms with van der Waals surface area (Å²) in [4.78, 5) is 22.6. The van der Waals surface area contributed by atoms with Crippen molar-refractivity contribution in [3.05, 3.63) is 12.2 Å². The molecule has 0 aromatic rings. The van der Waals surface area contributed by atoms with Crippen LogP contribution in [0.1, 0.15) is 213 Å². The third kappa shape index (κ3) is 35.6. The molecular formula is C41H83N2O6P. The van der Waals surface area contributed by atoms with E-state index in [1.54, 1.807) is 0 Å². The van der Waals surface area contributed by atoms with E-state index in [1.807, 2.05) is 0 Å². The van der Waals surface area contributed by atoms with E-state index in [1.165, 1.54) is 135 Å². The quantitative estimate of drug-likeness (QED) is 0.0280. The fourth-order valence-corrected chi connectivity index (χ4v) is 7.11. The molecule has 9 heteroatoms. The van der Waals surface area contributed by atoms with Gasteiger partial charge in [0, 0.05) is 13.0 Å². The van der Waals surface area contributed by atoms with E-state index in [-0.39, 0.29) is 25.7 Å². The molecule has 298 valence electrons. The lowest BCUT2D eigenvalue weighted by Crippen LogP contribution is -2.46. The van der Waals surface area contributed by atoms with Crippen molar-refractivity contribution in [2.45, 2.75) is 225 Å². The number of hydrogen-bond donors (Lipinski definition) is 4. The lowest BCUT2D eigenvalue weighted by molar-refractivity contribution is -0.123. The Hall–Kier alpha value is -0.760. The summed E-state index contributed by atoms with van der Waals surface area (Å²) in [5.41, 5.74) is 5.37. The van der Waals surface area contributed by atoms with Crippen molar-refractivity contribution in [3.8, 4) is 0 Å². The van der Waals surface area contributed by atoms with Gasteiger partial charge in [0.2, 0.25) is 5.91 Å². The zero-order valence-electron chi connectivity index (χ0n) is 32.9. The highest BCUT2D eigenvalue weighted by Gasteiger charge is 2.27. The normalized spacial score (nSPS) is 14.3. The minimum atomic E-state index is -4.31. The van der Waals surface area contributed by atoms with Gasteiger partial charge in [0.15, 0.2) is 0 Å². The first-order valence-corrected chi connectivity index (χ1v) is 22.8. The molecule has 3 atom stereocenters. The number of nitrogens with two attached hydrogens (primary N) is 1. The van der Waals surface area contributed by atoms with E-state index < -0.39 is 20.0 Å². The molecule has 1 amide bonds. The minimum Gasteiger partial charge on any atom is -0.391 e. The van der Waals surface area contributed by atoms with Crippen LogP contribution >= 0.6 is 7.82 Å². The highest BCUT2D eigenvalue weighted by atomic mass is 31.2. The third-order valence-corrected chi connectivity index (χ3v) is 10.6. The van der Waals surface area contributed by atoms with Gasteiger partial charge in [-0.3, -0.25) is 13.8 Å². The number of rotatable bonds is 40. The molecule has 5 N–H and O–H groups in total. The van der Waals surface area contributed by atoms with Gasteiger partial charge in [-0.2, -0.15) is 0 Å². The SMILES string of the molecule is CCCC/C=C\CCCCCCCC(=O)NC(COP(=O)(O)OCCN)C(O)CCCCCCCCCCCCCCCCCCCCCC. The van der Waals surface area contributed by atoms with Crippen molar-refractivity contribution in [1.29, 1.82) is 0 Å². The second kappa shape index (κ2) is 38.0. The largest absolute Gasteiger partial charge is 0.472 e. The summed E-state index contributed by atoms with van der Waals surface area (Å²) in [5.74, 6) is -0.171. The summed E-state index contributed by atoms with van der Waals surface area (Å²) < 4.78 is 22.1. The number of phosphoric acid groups is 1. The molecule has 0 spiro atoms. The summed E-state index contributed by atoms with van der Waals surface area (Å²) in [6, 6.07) is -0.774. The van der Waals surface area contributed by atoms with Crippen LogP contribution in [0.3, 0.4) is 0 Å². The van der Waals surface area contributed by atoms with Crippen molar-refractivity contribution in [2.75, 3.05) is 19.8 Å². The molecular weight excluding hydrogens is 647 g/mol. The summed E-state index contributed by atoms with van der Waals surface area (Å²) >= 11 is 0. The Labute approximate surface area is 309 Å². The number of nitrogens with one attached hydrogen (secondary N) is 1. The second-order valence-electron chi connectivity index (χ2n) is 14.6. The molecule has 0 aromatic heterocycles. The van der Waals surface area contributed by atoms with Gasteiger partial charge >= 0.3 is 7.82 Å². The summed E-state index contributed by atoms with van der Waals surface area (Å²) in [6.07, 6.45) is 40.8. The van der Waals surface area contributed by atoms with Gasteiger partial charge in [0.1, 0.15) is 0 Å². The number of aliphatic hydroxyl groups is 1. The average Bonchev–Trinajstić information content (AvgIpc) is 3.10. The Balaban J connectivity index is 4.09. The first-order valence-electron chi connectivity index (χ1n) is 21.3. The number of phosphoric ester groups is 1. The predicted molar refractivity (Wildman–Crippen MR) is 212 cm³/mol. The lowest BCUT2D eigenvalue weighted by Gasteiger charge is -2.25. The van der Waals surface area contributed by atoms with Gasteiger partial charge in [-0.25, -0.2) is 4.57 Å². The number of carbonyl (C=O) groups excluding carboxylic acids is 1. The highest BCUT2D eigenvalue weighted by Crippen LogP contribution is 2.43. The van der Waals surface area contributed by atoms with Gasteiger partial charge in [-0.15, -0.1) is 0 Å². The Morgan fingerprint density at radius 3 is 1.54 bits per heavy atom. The molecule has 0 aliphatic carbocycles. The molecule has 0 saturated carbocycles. The fraction of sp³-hybridized carbons (Fsp3) is 0.927. The standard InChI is InChI=1S/C41H83N2O6P/c1-3-5-7-9-11-13-15-16-17-18-19-20-21-22-23-25-26-28-30-32-34-40(44)39(38-49-50(46,47)48-37-36-42)43-41(45)35-33-31-29-27-24-14-12-10-8-6-4-2/h10,12,39-40,44H,3-9,11,13-38,42H2,1-2H3,(H,43,45)(H,46,47)/b12-10-. The summed E-state index contributed by atoms with van der Waals surface area (Å²) in [6.45, 7) is 4.17. The molecule has 0 heterocycles. The molecule has 0 aliphatic heterocycles. The van der Waals surface area contributed by atoms with E-state index in [9.17, 15) is 19.4 Å². The number of allylic oxidation sites excluding steroid dienone is 2. The molecule has 0 aromatic carbocycles. The van der Waals surface area contributed by atoms with E-state index in [0.717, 1.165) is 51.4 Å². The van der Waals surface area contributed by atoms with Crippen molar-refractivity contribution >= 4 is 13.7 Å². The highest BCUT2D eigenvalue weighted by molar-refractivity contribution is 7.47. The van der Waals surface area contributed by atoms with Crippen molar-refractivity contribution in [1.82, 2.24) is 5.32 Å². The number of aliphatic hydroxyl groups excluding tert-OH is 1. The molecule has 0 bridgehead atoms. The van der Waals surface area contributed by atoms with Crippen LogP contribution in [0, 0.1) is 0 Å². The van der Waals surface area contributed by atoms with E-state index in [2.05, 4.69) is 31.3 Å². The second-order valence-corrected chi connectivity index (χ2v) is 16.0. The third-order valence-electron chi connectivity index (χ3n) is 9.62. The zero-order valence-corrected chi connectivity index (χ0v) is 33.8. The topological polar surface area (TPSA) is 131 Å². The molecule has 0 saturated heterocycles. The van der Waals surface area contributed by atoms with Crippen molar-refractivity contribution in [2.24, 2.45) is 5.73 Å². The van der Waals surface area contributed by atoms with E-state index in [0.29, 0.717) is 12.8 Å². The maximum atomic E-state index is 12.7. The van der Waals surface area contributed by atoms with E-state index in [4.69, 9.17) is 14.8 Å². The van der Waals surface area contributed by atoms with Gasteiger partial charge < -0.3 is 21.1 Å². The number of unbranched alkanes of at least 4 members (excludes halogenated alkanes) is 26. The molecule has 50 heavy (non-hydrogen) atoms. The zero-order chi connectivity index (χ0) is 36.8. The maximum Gasteiger partial charge on any atom is 0.472 e. The monoisotopic (exact) mass is 731 g/mol. The Bertz CT molecular complexity index is 799. The van der Waals surface area contributed by atoms with Crippen LogP contribution in [-0.4, -0.2) is 47.8 Å². The molecule has 0 rings (SSSR count). The van der Waals surface area contributed by atoms with Crippen LogP contribution in [0.15, 0.2) is 12.2 Å². The first-order chi connectivity index (χ1) is 24.4. The van der Waals surface area contributed by atoms with Crippen LogP contribution in [0.5, 0.6) is 0 Å². The molecule has 8 nitrogen and oxygen atoms in total. The summed E-state index contributed by atoms with van der Waals surface area (Å²) in [5, 5.41) is 13.8. The van der Waals surface area contributed by atoms with Crippen LogP contribution in [-0.2, 0) is 18.4 Å². The molecule has 0 radical (unpaired) electrons. The summed E-state index contributed by atoms with van der Waals surface area (Å²) in [7, 11) is -4.31. The fourth-order valence-electron chi connectivity index (χ4n) is 6.35. The van der Waals surface area contributed by atoms with Gasteiger partial charge in [0.25, 0.3) is 0 Å². The predicted octanol–water partition coefficient (Wildman–Crippen LogP) is 11.6. The van der Waals surface area contributed by atoms with Crippen LogP contribution in [0.25, 0.3) is 0 Å². The van der Waals surface area contributed by atoms with Crippen molar-refractivity contribution < 1.29 is 28.4 Å². The van der Waals surface area contributed by atoms with E-state index >= 15 is 0 Å². The van der Waals surface area contributed by atoms with Crippen molar-refractivity contribution in [3.63, 3.8) is 0 Å². The lowest BCUT2D eigenvalue weighted by atomic mass is 10.0. The number of hydrogen-bond acceptors (Lipinski definition) is 6. The van der Waals surface area contributed by atoms with Gasteiger partial charge in [-0.1, -0.05) is 187 Å². The van der Waals surface area contributed by atoms with Crippen LogP contribution < -0.4 is 11.1 Å². The number of carbonyl (C=O) groups is 1. The Morgan fingerprint density at radius 2 is 1.06 bits per heavy atom. The molecule has 0 aliphatic rings. The Morgan fingerprint density at radius 1 is 0.640 bits per heavy atom. The van der Waals surface area contributed by atoms with Gasteiger partial charge in [0.05, 0.1) is 25.4 Å². The van der Waals surface area contributed by atoms with Crippen LogP contribution in [0.4, 0.5) is 0 Å². The number of amides is 1. The van der Waals surface area contributed by atoms with Gasteiger partial charge in [-0.05, 0) is 32.1 Å². The Kier molecular flexibility index (Phi) is 37.4. The minimum absolute atomic E-state index is 0.0891. The maximum absolute atomic E-state index is 12.7. The van der Waals surface area contributed by atoms with Crippen LogP contribution in [0.2, 0.25) is 0 Å². The molecule has 0 fully saturated rings. The smallest absolute Gasteiger partial charge is 0.391 e. The molecule has 3 unspecified atom stereocenters.